The van der Waals surface area contributed by atoms with Gasteiger partial charge in [-0.15, -0.1) is 0 Å². The van der Waals surface area contributed by atoms with Crippen LogP contribution in [0.3, 0.4) is 0 Å². The summed E-state index contributed by atoms with van der Waals surface area (Å²) in [5.41, 5.74) is 0. The van der Waals surface area contributed by atoms with Gasteiger partial charge in [0.25, 0.3) is 0 Å². The number of nitrogens with zero attached hydrogens (tertiary/aromatic N) is 3. The van der Waals surface area contributed by atoms with Gasteiger partial charge in [0.1, 0.15) is 0 Å². The van der Waals surface area contributed by atoms with Crippen LogP contribution in [0.25, 0.3) is 0 Å². The molecule has 1 aliphatic heterocycles. The predicted octanol–water partition coefficient (Wildman–Crippen LogP) is -0.490. The first kappa shape index (κ1) is 12.9. The van der Waals surface area contributed by atoms with Crippen LogP contribution in [-0.2, 0) is 4.79 Å². The molecule has 1 N–H and O–H groups in total. The lowest BCUT2D eigenvalue weighted by atomic mass is 10.2. The molecule has 0 aliphatic carbocycles. The van der Waals surface area contributed by atoms with E-state index in [4.69, 9.17) is 5.26 Å². The molecule has 0 aromatic heterocycles. The first-order valence-electron chi connectivity index (χ1n) is 5.70. The Morgan fingerprint density at radius 2 is 2.19 bits per heavy atom. The molecular formula is C11H20N4O. The fourth-order valence-corrected chi connectivity index (χ4v) is 1.82. The van der Waals surface area contributed by atoms with Gasteiger partial charge in [0.05, 0.1) is 18.5 Å². The summed E-state index contributed by atoms with van der Waals surface area (Å²) in [7, 11) is 1.88. The van der Waals surface area contributed by atoms with E-state index in [1.165, 1.54) is 0 Å². The van der Waals surface area contributed by atoms with Crippen molar-refractivity contribution in [3.8, 4) is 6.07 Å². The highest BCUT2D eigenvalue weighted by molar-refractivity contribution is 5.78. The number of piperazine rings is 1. The van der Waals surface area contributed by atoms with Crippen molar-refractivity contribution in [3.63, 3.8) is 0 Å². The minimum atomic E-state index is -0.0270. The van der Waals surface area contributed by atoms with Crippen LogP contribution in [0.1, 0.15) is 6.92 Å². The van der Waals surface area contributed by atoms with Crippen LogP contribution >= 0.6 is 0 Å². The van der Waals surface area contributed by atoms with Crippen molar-refractivity contribution >= 4 is 5.91 Å². The molecule has 1 saturated heterocycles. The SMILES string of the molecule is CC(C#N)CN(C)CC(=O)N1CCNCC1. The molecule has 1 unspecified atom stereocenters. The second kappa shape index (κ2) is 6.46. The van der Waals surface area contributed by atoms with Gasteiger partial charge in [-0.05, 0) is 14.0 Å². The summed E-state index contributed by atoms with van der Waals surface area (Å²) >= 11 is 0. The number of hydrogen-bond donors (Lipinski definition) is 1. The fraction of sp³-hybridized carbons (Fsp3) is 0.818. The van der Waals surface area contributed by atoms with Gasteiger partial charge in [0, 0.05) is 32.7 Å². The number of likely N-dealkylation sites (N-methyl/N-ethyl adjacent to an activating group) is 1. The van der Waals surface area contributed by atoms with Crippen molar-refractivity contribution < 1.29 is 4.79 Å². The number of rotatable bonds is 4. The summed E-state index contributed by atoms with van der Waals surface area (Å²) < 4.78 is 0. The predicted molar refractivity (Wildman–Crippen MR) is 61.7 cm³/mol. The number of carbonyl (C=O) groups excluding carboxylic acids is 1. The number of hydrogen-bond acceptors (Lipinski definition) is 4. The highest BCUT2D eigenvalue weighted by atomic mass is 16.2. The molecule has 90 valence electrons. The second-order valence-corrected chi connectivity index (χ2v) is 4.36. The Bertz CT molecular complexity index is 268. The third-order valence-electron chi connectivity index (χ3n) is 2.68. The Labute approximate surface area is 97.0 Å². The fourth-order valence-electron chi connectivity index (χ4n) is 1.82. The normalized spacial score (nSPS) is 18.2. The molecule has 1 heterocycles. The van der Waals surface area contributed by atoms with Gasteiger partial charge in [-0.25, -0.2) is 0 Å². The lowest BCUT2D eigenvalue weighted by Gasteiger charge is -2.29. The molecule has 16 heavy (non-hydrogen) atoms. The number of carbonyl (C=O) groups is 1. The van der Waals surface area contributed by atoms with Crippen LogP contribution in [0, 0.1) is 17.2 Å². The Balaban J connectivity index is 2.30. The summed E-state index contributed by atoms with van der Waals surface area (Å²) in [4.78, 5) is 15.6. The molecule has 1 fully saturated rings. The molecule has 5 nitrogen and oxygen atoms in total. The maximum Gasteiger partial charge on any atom is 0.236 e. The average molecular weight is 224 g/mol. The number of nitrogens with one attached hydrogen (secondary N) is 1. The van der Waals surface area contributed by atoms with Crippen LogP contribution < -0.4 is 5.32 Å². The Kier molecular flexibility index (Phi) is 5.23. The molecule has 0 radical (unpaired) electrons. The van der Waals surface area contributed by atoms with Gasteiger partial charge in [-0.2, -0.15) is 5.26 Å². The minimum Gasteiger partial charge on any atom is -0.339 e. The molecule has 0 spiro atoms. The van der Waals surface area contributed by atoms with E-state index in [0.29, 0.717) is 13.1 Å². The standard InChI is InChI=1S/C11H20N4O/c1-10(7-12)8-14(2)9-11(16)15-5-3-13-4-6-15/h10,13H,3-6,8-9H2,1-2H3. The molecule has 5 heteroatoms. The molecule has 0 aromatic carbocycles. The Morgan fingerprint density at radius 1 is 1.56 bits per heavy atom. The molecule has 1 aliphatic rings. The molecule has 0 bridgehead atoms. The quantitative estimate of drug-likeness (QED) is 0.700. The van der Waals surface area contributed by atoms with Gasteiger partial charge in [-0.1, -0.05) is 0 Å². The third kappa shape index (κ3) is 4.17. The Hall–Kier alpha value is -1.12. The van der Waals surface area contributed by atoms with Crippen LogP contribution in [0.15, 0.2) is 0 Å². The van der Waals surface area contributed by atoms with Crippen LogP contribution in [-0.4, -0.2) is 62.0 Å². The van der Waals surface area contributed by atoms with E-state index in [9.17, 15) is 4.79 Å². The van der Waals surface area contributed by atoms with Crippen molar-refractivity contribution in [1.29, 1.82) is 5.26 Å². The molecule has 1 amide bonds. The van der Waals surface area contributed by atoms with Gasteiger partial charge in [0.15, 0.2) is 0 Å². The van der Waals surface area contributed by atoms with Crippen LogP contribution in [0.2, 0.25) is 0 Å². The molecule has 0 aromatic rings. The highest BCUT2D eigenvalue weighted by Gasteiger charge is 2.18. The smallest absolute Gasteiger partial charge is 0.236 e. The summed E-state index contributed by atoms with van der Waals surface area (Å²) in [5, 5.41) is 11.9. The zero-order chi connectivity index (χ0) is 12.0. The summed E-state index contributed by atoms with van der Waals surface area (Å²) in [6, 6.07) is 2.17. The van der Waals surface area contributed by atoms with E-state index < -0.39 is 0 Å². The van der Waals surface area contributed by atoms with Gasteiger partial charge in [-0.3, -0.25) is 9.69 Å². The molecule has 1 atom stereocenters. The van der Waals surface area contributed by atoms with Crippen LogP contribution in [0.5, 0.6) is 0 Å². The van der Waals surface area contributed by atoms with Gasteiger partial charge < -0.3 is 10.2 Å². The maximum atomic E-state index is 11.9. The van der Waals surface area contributed by atoms with E-state index in [-0.39, 0.29) is 11.8 Å². The van der Waals surface area contributed by atoms with Crippen molar-refractivity contribution in [3.05, 3.63) is 0 Å². The Morgan fingerprint density at radius 3 is 2.75 bits per heavy atom. The third-order valence-corrected chi connectivity index (χ3v) is 2.68. The molecule has 0 saturated carbocycles. The summed E-state index contributed by atoms with van der Waals surface area (Å²) in [6.45, 7) is 6.27. The monoisotopic (exact) mass is 224 g/mol. The molecular weight excluding hydrogens is 204 g/mol. The first-order valence-corrected chi connectivity index (χ1v) is 5.70. The van der Waals surface area contributed by atoms with Gasteiger partial charge >= 0.3 is 0 Å². The van der Waals surface area contributed by atoms with E-state index in [1.807, 2.05) is 23.8 Å². The lowest BCUT2D eigenvalue weighted by Crippen LogP contribution is -2.49. The van der Waals surface area contributed by atoms with E-state index in [2.05, 4.69) is 11.4 Å². The van der Waals surface area contributed by atoms with Crippen molar-refractivity contribution in [2.75, 3.05) is 46.3 Å². The second-order valence-electron chi connectivity index (χ2n) is 4.36. The summed E-state index contributed by atoms with van der Waals surface area (Å²) in [5.74, 6) is 0.134. The molecule has 1 rings (SSSR count). The summed E-state index contributed by atoms with van der Waals surface area (Å²) in [6.07, 6.45) is 0. The first-order chi connectivity index (χ1) is 7.63. The topological polar surface area (TPSA) is 59.4 Å². The van der Waals surface area contributed by atoms with Crippen molar-refractivity contribution in [1.82, 2.24) is 15.1 Å². The zero-order valence-electron chi connectivity index (χ0n) is 10.1. The minimum absolute atomic E-state index is 0.0270. The van der Waals surface area contributed by atoms with E-state index in [0.717, 1.165) is 26.2 Å². The zero-order valence-corrected chi connectivity index (χ0v) is 10.1. The van der Waals surface area contributed by atoms with Crippen molar-refractivity contribution in [2.45, 2.75) is 6.92 Å². The number of amides is 1. The largest absolute Gasteiger partial charge is 0.339 e. The van der Waals surface area contributed by atoms with Crippen LogP contribution in [0.4, 0.5) is 0 Å². The van der Waals surface area contributed by atoms with E-state index in [1.54, 1.807) is 0 Å². The highest BCUT2D eigenvalue weighted by Crippen LogP contribution is 1.99. The van der Waals surface area contributed by atoms with Crippen molar-refractivity contribution in [2.24, 2.45) is 5.92 Å². The maximum absolute atomic E-state index is 11.9. The lowest BCUT2D eigenvalue weighted by molar-refractivity contribution is -0.132. The average Bonchev–Trinajstić information content (AvgIpc) is 2.29. The van der Waals surface area contributed by atoms with E-state index >= 15 is 0 Å². The number of nitriles is 1. The van der Waals surface area contributed by atoms with Gasteiger partial charge in [0.2, 0.25) is 5.91 Å².